The number of ether oxygens (including phenoxy) is 1. The lowest BCUT2D eigenvalue weighted by molar-refractivity contribution is 0.413. The van der Waals surface area contributed by atoms with E-state index in [1.165, 1.54) is 0 Å². The highest BCUT2D eigenvalue weighted by Gasteiger charge is 2.18. The molecule has 0 fully saturated rings. The van der Waals surface area contributed by atoms with Crippen molar-refractivity contribution in [1.29, 1.82) is 0 Å². The van der Waals surface area contributed by atoms with E-state index in [2.05, 4.69) is 5.10 Å². The topological polar surface area (TPSA) is 53.1 Å². The Balaban J connectivity index is 2.78. The van der Waals surface area contributed by atoms with Gasteiger partial charge >= 0.3 is 0 Å². The van der Waals surface area contributed by atoms with E-state index in [1.807, 2.05) is 27.0 Å². The zero-order chi connectivity index (χ0) is 13.4. The highest BCUT2D eigenvalue weighted by molar-refractivity contribution is 6.31. The van der Waals surface area contributed by atoms with E-state index < -0.39 is 0 Å². The van der Waals surface area contributed by atoms with Gasteiger partial charge in [-0.1, -0.05) is 11.6 Å². The summed E-state index contributed by atoms with van der Waals surface area (Å²) in [4.78, 5) is 0. The van der Waals surface area contributed by atoms with Gasteiger partial charge in [0.2, 0.25) is 0 Å². The van der Waals surface area contributed by atoms with Crippen LogP contribution in [0.25, 0.3) is 11.1 Å². The van der Waals surface area contributed by atoms with Crippen molar-refractivity contribution in [2.75, 3.05) is 12.8 Å². The number of hydrogen-bond acceptors (Lipinski definition) is 3. The lowest BCUT2D eigenvalue weighted by atomic mass is 9.98. The van der Waals surface area contributed by atoms with E-state index in [0.717, 1.165) is 28.0 Å². The van der Waals surface area contributed by atoms with Crippen molar-refractivity contribution in [3.05, 3.63) is 28.4 Å². The van der Waals surface area contributed by atoms with Crippen LogP contribution in [-0.4, -0.2) is 16.9 Å². The number of hydrogen-bond donors (Lipinski definition) is 1. The minimum atomic E-state index is 0.609. The third-order valence-electron chi connectivity index (χ3n) is 3.12. The van der Waals surface area contributed by atoms with E-state index in [9.17, 15) is 0 Å². The highest BCUT2D eigenvalue weighted by Crippen LogP contribution is 2.41. The van der Waals surface area contributed by atoms with Crippen molar-refractivity contribution in [2.24, 2.45) is 7.05 Å². The molecule has 0 aliphatic carbocycles. The van der Waals surface area contributed by atoms with Crippen molar-refractivity contribution in [3.63, 3.8) is 0 Å². The summed E-state index contributed by atoms with van der Waals surface area (Å²) in [7, 11) is 3.44. The SMILES string of the molecule is COc1c(C)c(Cl)cc(C)c1-c1cnn(C)c1N. The molecule has 0 unspecified atom stereocenters. The van der Waals surface area contributed by atoms with Crippen LogP contribution in [-0.2, 0) is 7.05 Å². The van der Waals surface area contributed by atoms with Gasteiger partial charge in [-0.05, 0) is 25.5 Å². The van der Waals surface area contributed by atoms with Crippen LogP contribution in [0, 0.1) is 13.8 Å². The quantitative estimate of drug-likeness (QED) is 0.908. The summed E-state index contributed by atoms with van der Waals surface area (Å²) in [6.07, 6.45) is 1.74. The van der Waals surface area contributed by atoms with Crippen LogP contribution in [0.3, 0.4) is 0 Å². The third kappa shape index (κ3) is 1.82. The molecule has 1 aromatic heterocycles. The predicted molar refractivity (Wildman–Crippen MR) is 74.1 cm³/mol. The minimum absolute atomic E-state index is 0.609. The predicted octanol–water partition coefficient (Wildman–Crippen LogP) is 2.95. The monoisotopic (exact) mass is 265 g/mol. The van der Waals surface area contributed by atoms with Crippen molar-refractivity contribution in [1.82, 2.24) is 9.78 Å². The van der Waals surface area contributed by atoms with E-state index in [-0.39, 0.29) is 0 Å². The average Bonchev–Trinajstić information content (AvgIpc) is 2.65. The first-order chi connectivity index (χ1) is 8.47. The highest BCUT2D eigenvalue weighted by atomic mass is 35.5. The summed E-state index contributed by atoms with van der Waals surface area (Å²) in [5.41, 5.74) is 9.76. The van der Waals surface area contributed by atoms with Gasteiger partial charge in [-0.15, -0.1) is 0 Å². The van der Waals surface area contributed by atoms with E-state index in [1.54, 1.807) is 18.0 Å². The molecule has 0 aliphatic heterocycles. The molecule has 0 saturated heterocycles. The second kappa shape index (κ2) is 4.53. The number of aryl methyl sites for hydroxylation is 2. The van der Waals surface area contributed by atoms with Crippen LogP contribution in [0.5, 0.6) is 5.75 Å². The first-order valence-corrected chi connectivity index (χ1v) is 5.96. The standard InChI is InChI=1S/C13H16ClN3O/c1-7-5-10(14)8(2)12(18-4)11(7)9-6-16-17(3)13(9)15/h5-6H,15H2,1-4H3. The summed E-state index contributed by atoms with van der Waals surface area (Å²) in [5, 5.41) is 4.85. The van der Waals surface area contributed by atoms with Gasteiger partial charge in [0.25, 0.3) is 0 Å². The maximum Gasteiger partial charge on any atom is 0.131 e. The first kappa shape index (κ1) is 12.8. The van der Waals surface area contributed by atoms with Crippen LogP contribution < -0.4 is 10.5 Å². The number of benzene rings is 1. The molecule has 2 rings (SSSR count). The molecule has 96 valence electrons. The lowest BCUT2D eigenvalue weighted by Gasteiger charge is -2.15. The number of nitrogen functional groups attached to an aromatic ring is 1. The van der Waals surface area contributed by atoms with Crippen LogP contribution in [0.4, 0.5) is 5.82 Å². The van der Waals surface area contributed by atoms with Gasteiger partial charge < -0.3 is 10.5 Å². The zero-order valence-corrected chi connectivity index (χ0v) is 11.7. The molecule has 0 spiro atoms. The average molecular weight is 266 g/mol. The molecular formula is C13H16ClN3O. The maximum atomic E-state index is 6.17. The second-order valence-electron chi connectivity index (χ2n) is 4.28. The number of nitrogens with zero attached hydrogens (tertiary/aromatic N) is 2. The summed E-state index contributed by atoms with van der Waals surface area (Å²) >= 11 is 6.17. The Morgan fingerprint density at radius 2 is 2.06 bits per heavy atom. The number of methoxy groups -OCH3 is 1. The molecule has 0 aliphatic rings. The minimum Gasteiger partial charge on any atom is -0.496 e. The Morgan fingerprint density at radius 3 is 2.56 bits per heavy atom. The Hall–Kier alpha value is -1.68. The summed E-state index contributed by atoms with van der Waals surface area (Å²) in [6.45, 7) is 3.91. The van der Waals surface area contributed by atoms with Crippen LogP contribution in [0.15, 0.2) is 12.3 Å². The zero-order valence-electron chi connectivity index (χ0n) is 10.9. The van der Waals surface area contributed by atoms with Gasteiger partial charge in [-0.2, -0.15) is 5.10 Å². The third-order valence-corrected chi connectivity index (χ3v) is 3.51. The van der Waals surface area contributed by atoms with Crippen LogP contribution >= 0.6 is 11.6 Å². The molecule has 2 aromatic rings. The Labute approximate surface area is 111 Å². The number of aromatic nitrogens is 2. The first-order valence-electron chi connectivity index (χ1n) is 5.59. The molecule has 2 N–H and O–H groups in total. The molecule has 0 amide bonds. The Morgan fingerprint density at radius 1 is 1.39 bits per heavy atom. The maximum absolute atomic E-state index is 6.17. The number of anilines is 1. The summed E-state index contributed by atoms with van der Waals surface area (Å²) in [6, 6.07) is 1.92. The van der Waals surface area contributed by atoms with Crippen molar-refractivity contribution < 1.29 is 4.74 Å². The van der Waals surface area contributed by atoms with Gasteiger partial charge in [0, 0.05) is 28.8 Å². The molecule has 0 radical (unpaired) electrons. The molecule has 0 atom stereocenters. The van der Waals surface area contributed by atoms with Gasteiger partial charge in [0.15, 0.2) is 0 Å². The molecule has 0 saturated carbocycles. The lowest BCUT2D eigenvalue weighted by Crippen LogP contribution is -2.00. The Kier molecular flexibility index (Phi) is 3.22. The fourth-order valence-corrected chi connectivity index (χ4v) is 2.32. The normalized spacial score (nSPS) is 10.7. The van der Waals surface area contributed by atoms with Crippen LogP contribution in [0.2, 0.25) is 5.02 Å². The molecule has 18 heavy (non-hydrogen) atoms. The van der Waals surface area contributed by atoms with Crippen molar-refractivity contribution in [2.45, 2.75) is 13.8 Å². The molecule has 1 heterocycles. The number of nitrogens with two attached hydrogens (primary N) is 1. The summed E-state index contributed by atoms with van der Waals surface area (Å²) in [5.74, 6) is 1.36. The van der Waals surface area contributed by atoms with E-state index in [4.69, 9.17) is 22.1 Å². The molecular weight excluding hydrogens is 250 g/mol. The van der Waals surface area contributed by atoms with Gasteiger partial charge in [-0.3, -0.25) is 4.68 Å². The molecule has 4 nitrogen and oxygen atoms in total. The van der Waals surface area contributed by atoms with Gasteiger partial charge in [0.1, 0.15) is 11.6 Å². The second-order valence-corrected chi connectivity index (χ2v) is 4.68. The van der Waals surface area contributed by atoms with Crippen LogP contribution in [0.1, 0.15) is 11.1 Å². The molecule has 5 heteroatoms. The Bertz CT molecular complexity index is 605. The van der Waals surface area contributed by atoms with Gasteiger partial charge in [-0.25, -0.2) is 0 Å². The van der Waals surface area contributed by atoms with Crippen molar-refractivity contribution >= 4 is 17.4 Å². The molecule has 1 aromatic carbocycles. The number of rotatable bonds is 2. The fraction of sp³-hybridized carbons (Fsp3) is 0.308. The van der Waals surface area contributed by atoms with E-state index >= 15 is 0 Å². The van der Waals surface area contributed by atoms with Gasteiger partial charge in [0.05, 0.1) is 13.3 Å². The molecule has 0 bridgehead atoms. The van der Waals surface area contributed by atoms with Crippen molar-refractivity contribution in [3.8, 4) is 16.9 Å². The summed E-state index contributed by atoms with van der Waals surface area (Å²) < 4.78 is 7.12. The van der Waals surface area contributed by atoms with E-state index in [0.29, 0.717) is 10.8 Å². The largest absolute Gasteiger partial charge is 0.496 e. The fourth-order valence-electron chi connectivity index (χ4n) is 2.08. The smallest absolute Gasteiger partial charge is 0.131 e. The number of halogens is 1.